The maximum absolute atomic E-state index is 4.64. The fourth-order valence-electron chi connectivity index (χ4n) is 2.72. The summed E-state index contributed by atoms with van der Waals surface area (Å²) in [7, 11) is 0. The first-order valence-electron chi connectivity index (χ1n) is 8.03. The van der Waals surface area contributed by atoms with Crippen LogP contribution < -0.4 is 10.6 Å². The number of likely N-dealkylation sites (tertiary alicyclic amines) is 1. The van der Waals surface area contributed by atoms with Crippen LogP contribution in [0, 0.1) is 5.92 Å². The van der Waals surface area contributed by atoms with E-state index in [1.807, 2.05) is 0 Å². The number of rotatable bonds is 6. The van der Waals surface area contributed by atoms with E-state index in [0.29, 0.717) is 0 Å². The van der Waals surface area contributed by atoms with Gasteiger partial charge in [0.1, 0.15) is 0 Å². The van der Waals surface area contributed by atoms with Gasteiger partial charge in [-0.15, -0.1) is 24.0 Å². The highest BCUT2D eigenvalue weighted by Crippen LogP contribution is 2.14. The first-order chi connectivity index (χ1) is 10.3. The molecule has 6 heteroatoms. The molecule has 1 aromatic rings. The highest BCUT2D eigenvalue weighted by Gasteiger charge is 2.15. The zero-order valence-corrected chi connectivity index (χ0v) is 16.8. The maximum atomic E-state index is 4.64. The Kier molecular flexibility index (Phi) is 10.1. The smallest absolute Gasteiger partial charge is 0.191 e. The molecule has 0 spiro atoms. The SMILES string of the molecule is CCNC(=NCc1ccsc1)NCCN1CCCC(C)C1.I. The Balaban J connectivity index is 0.00000242. The molecule has 22 heavy (non-hydrogen) atoms. The van der Waals surface area contributed by atoms with Crippen LogP contribution in [0.3, 0.4) is 0 Å². The zero-order valence-electron chi connectivity index (χ0n) is 13.7. The molecule has 1 aliphatic heterocycles. The molecule has 0 aliphatic carbocycles. The van der Waals surface area contributed by atoms with Crippen molar-refractivity contribution in [3.05, 3.63) is 22.4 Å². The molecule has 4 nitrogen and oxygen atoms in total. The van der Waals surface area contributed by atoms with Crippen molar-refractivity contribution in [3.8, 4) is 0 Å². The number of hydrogen-bond donors (Lipinski definition) is 2. The minimum absolute atomic E-state index is 0. The van der Waals surface area contributed by atoms with Crippen LogP contribution in [0.25, 0.3) is 0 Å². The van der Waals surface area contributed by atoms with Crippen molar-refractivity contribution in [1.82, 2.24) is 15.5 Å². The van der Waals surface area contributed by atoms with E-state index in [-0.39, 0.29) is 24.0 Å². The van der Waals surface area contributed by atoms with Gasteiger partial charge in [-0.3, -0.25) is 0 Å². The lowest BCUT2D eigenvalue weighted by molar-refractivity contribution is 0.187. The molecule has 0 bridgehead atoms. The molecule has 1 saturated heterocycles. The number of guanidine groups is 1. The molecular formula is C16H29IN4S. The molecule has 0 amide bonds. The topological polar surface area (TPSA) is 39.7 Å². The van der Waals surface area contributed by atoms with Gasteiger partial charge in [-0.1, -0.05) is 6.92 Å². The van der Waals surface area contributed by atoms with E-state index in [4.69, 9.17) is 0 Å². The Labute approximate surface area is 155 Å². The summed E-state index contributed by atoms with van der Waals surface area (Å²) in [5.41, 5.74) is 1.28. The highest BCUT2D eigenvalue weighted by atomic mass is 127. The van der Waals surface area contributed by atoms with E-state index >= 15 is 0 Å². The molecule has 2 N–H and O–H groups in total. The number of nitrogens with one attached hydrogen (secondary N) is 2. The second kappa shape index (κ2) is 11.2. The molecular weight excluding hydrogens is 407 g/mol. The Morgan fingerprint density at radius 3 is 3.00 bits per heavy atom. The molecule has 0 aromatic carbocycles. The van der Waals surface area contributed by atoms with Crippen LogP contribution in [0.2, 0.25) is 0 Å². The quantitative estimate of drug-likeness (QED) is 0.409. The van der Waals surface area contributed by atoms with E-state index in [1.54, 1.807) is 11.3 Å². The van der Waals surface area contributed by atoms with Crippen molar-refractivity contribution in [2.45, 2.75) is 33.2 Å². The van der Waals surface area contributed by atoms with Crippen LogP contribution in [-0.2, 0) is 6.54 Å². The van der Waals surface area contributed by atoms with Gasteiger partial charge >= 0.3 is 0 Å². The summed E-state index contributed by atoms with van der Waals surface area (Å²) in [5, 5.41) is 11.0. The Hall–Kier alpha value is -0.340. The monoisotopic (exact) mass is 436 g/mol. The lowest BCUT2D eigenvalue weighted by Crippen LogP contribution is -2.43. The largest absolute Gasteiger partial charge is 0.357 e. The van der Waals surface area contributed by atoms with Gasteiger partial charge in [0.2, 0.25) is 0 Å². The van der Waals surface area contributed by atoms with E-state index < -0.39 is 0 Å². The molecule has 1 atom stereocenters. The lowest BCUT2D eigenvalue weighted by atomic mass is 10.0. The third-order valence-corrected chi connectivity index (χ3v) is 4.54. The average molecular weight is 436 g/mol. The number of hydrogen-bond acceptors (Lipinski definition) is 3. The van der Waals surface area contributed by atoms with Gasteiger partial charge in [-0.05, 0) is 54.6 Å². The van der Waals surface area contributed by atoms with Crippen molar-refractivity contribution in [2.75, 3.05) is 32.7 Å². The Bertz CT molecular complexity index is 422. The van der Waals surface area contributed by atoms with Crippen LogP contribution in [0.5, 0.6) is 0 Å². The van der Waals surface area contributed by atoms with Gasteiger partial charge in [0.25, 0.3) is 0 Å². The molecule has 0 saturated carbocycles. The molecule has 0 radical (unpaired) electrons. The predicted octanol–water partition coefficient (Wildman–Crippen LogP) is 3.15. The molecule has 2 heterocycles. The number of halogens is 1. The van der Waals surface area contributed by atoms with Crippen LogP contribution in [0.4, 0.5) is 0 Å². The number of nitrogens with zero attached hydrogens (tertiary/aromatic N) is 2. The molecule has 2 rings (SSSR count). The van der Waals surface area contributed by atoms with Crippen LogP contribution in [0.1, 0.15) is 32.3 Å². The van der Waals surface area contributed by atoms with E-state index in [1.165, 1.54) is 31.5 Å². The number of thiophene rings is 1. The summed E-state index contributed by atoms with van der Waals surface area (Å²) in [5.74, 6) is 1.77. The average Bonchev–Trinajstić information content (AvgIpc) is 2.98. The highest BCUT2D eigenvalue weighted by molar-refractivity contribution is 14.0. The van der Waals surface area contributed by atoms with E-state index in [2.05, 4.69) is 51.2 Å². The minimum Gasteiger partial charge on any atom is -0.357 e. The van der Waals surface area contributed by atoms with Gasteiger partial charge in [0.05, 0.1) is 6.54 Å². The van der Waals surface area contributed by atoms with Crippen LogP contribution in [-0.4, -0.2) is 43.6 Å². The molecule has 1 unspecified atom stereocenters. The van der Waals surface area contributed by atoms with Crippen LogP contribution in [0.15, 0.2) is 21.8 Å². The summed E-state index contributed by atoms with van der Waals surface area (Å²) in [6.45, 7) is 10.7. The summed E-state index contributed by atoms with van der Waals surface area (Å²) in [4.78, 5) is 7.20. The van der Waals surface area contributed by atoms with Gasteiger partial charge in [-0.2, -0.15) is 11.3 Å². The third-order valence-electron chi connectivity index (χ3n) is 3.81. The third kappa shape index (κ3) is 7.28. The lowest BCUT2D eigenvalue weighted by Gasteiger charge is -2.30. The summed E-state index contributed by atoms with van der Waals surface area (Å²) >= 11 is 1.72. The number of piperidine rings is 1. The second-order valence-corrected chi connectivity index (χ2v) is 6.58. The van der Waals surface area contributed by atoms with Crippen molar-refractivity contribution < 1.29 is 0 Å². The van der Waals surface area contributed by atoms with Crippen molar-refractivity contribution in [1.29, 1.82) is 0 Å². The zero-order chi connectivity index (χ0) is 14.9. The van der Waals surface area contributed by atoms with Gasteiger partial charge in [-0.25, -0.2) is 4.99 Å². The molecule has 126 valence electrons. The standard InChI is InChI=1S/C16H28N4S.HI/c1-3-17-16(19-11-15-6-10-21-13-15)18-7-9-20-8-4-5-14(2)12-20;/h6,10,13-14H,3-5,7-9,11-12H2,1-2H3,(H2,17,18,19);1H. The van der Waals surface area contributed by atoms with Gasteiger partial charge in [0.15, 0.2) is 5.96 Å². The van der Waals surface area contributed by atoms with Crippen molar-refractivity contribution in [2.24, 2.45) is 10.9 Å². The first-order valence-corrected chi connectivity index (χ1v) is 8.98. The maximum Gasteiger partial charge on any atom is 0.191 e. The first kappa shape index (κ1) is 19.7. The predicted molar refractivity (Wildman–Crippen MR) is 107 cm³/mol. The Morgan fingerprint density at radius 1 is 1.45 bits per heavy atom. The fraction of sp³-hybridized carbons (Fsp3) is 0.688. The van der Waals surface area contributed by atoms with E-state index in [0.717, 1.165) is 38.1 Å². The number of aliphatic imine (C=N–C) groups is 1. The van der Waals surface area contributed by atoms with E-state index in [9.17, 15) is 0 Å². The summed E-state index contributed by atoms with van der Waals surface area (Å²) < 4.78 is 0. The van der Waals surface area contributed by atoms with Gasteiger partial charge in [0, 0.05) is 26.2 Å². The molecule has 1 aromatic heterocycles. The Morgan fingerprint density at radius 2 is 2.32 bits per heavy atom. The normalized spacial score (nSPS) is 19.5. The summed E-state index contributed by atoms with van der Waals surface area (Å²) in [6.07, 6.45) is 2.72. The minimum atomic E-state index is 0. The fourth-order valence-corrected chi connectivity index (χ4v) is 3.38. The van der Waals surface area contributed by atoms with Crippen molar-refractivity contribution >= 4 is 41.3 Å². The molecule has 1 aliphatic rings. The van der Waals surface area contributed by atoms with Crippen molar-refractivity contribution in [3.63, 3.8) is 0 Å². The second-order valence-electron chi connectivity index (χ2n) is 5.80. The van der Waals surface area contributed by atoms with Crippen LogP contribution >= 0.6 is 35.3 Å². The summed E-state index contributed by atoms with van der Waals surface area (Å²) in [6, 6.07) is 2.13. The molecule has 1 fully saturated rings. The van der Waals surface area contributed by atoms with Gasteiger partial charge < -0.3 is 15.5 Å².